The van der Waals surface area contributed by atoms with Crippen LogP contribution in [0.2, 0.25) is 0 Å². The summed E-state index contributed by atoms with van der Waals surface area (Å²) < 4.78 is 16.4. The van der Waals surface area contributed by atoms with Crippen molar-refractivity contribution in [3.8, 4) is 0 Å². The van der Waals surface area contributed by atoms with E-state index in [9.17, 15) is 24.0 Å². The molecule has 290 valence electrons. The predicted molar refractivity (Wildman–Crippen MR) is 234 cm³/mol. The third-order valence-electron chi connectivity index (χ3n) is 9.46. The minimum atomic E-state index is -0.650. The van der Waals surface area contributed by atoms with Crippen LogP contribution < -0.4 is 0 Å². The van der Waals surface area contributed by atoms with Crippen molar-refractivity contribution < 1.29 is 33.4 Å². The smallest absolute Gasteiger partial charge is 0.419 e. The highest BCUT2D eigenvalue weighted by molar-refractivity contribution is 8.35. The monoisotopic (exact) mass is 864 g/mol. The Morgan fingerprint density at radius 3 is 1.50 bits per heavy atom. The molecule has 0 saturated carbocycles. The number of thioether (sulfide) groups is 2. The van der Waals surface area contributed by atoms with Crippen LogP contribution in [0.25, 0.3) is 42.2 Å². The van der Waals surface area contributed by atoms with Crippen molar-refractivity contribution in [1.29, 1.82) is 0 Å². The molecule has 18 heteroatoms. The molecule has 3 aromatic carbocycles. The van der Waals surface area contributed by atoms with E-state index in [-0.39, 0.29) is 35.8 Å². The van der Waals surface area contributed by atoms with Crippen LogP contribution in [0.4, 0.5) is 24.4 Å². The number of rotatable bonds is 8. The molecule has 13 nitrogen and oxygen atoms in total. The zero-order valence-electron chi connectivity index (χ0n) is 30.5. The van der Waals surface area contributed by atoms with Gasteiger partial charge in [-0.15, -0.1) is 22.7 Å². The number of nitrogens with zero attached hydrogens (tertiary/aromatic N) is 6. The Morgan fingerprint density at radius 2 is 1.07 bits per heavy atom. The quantitative estimate of drug-likeness (QED) is 0.135. The fourth-order valence-corrected chi connectivity index (χ4v) is 11.1. The molecule has 2 aliphatic heterocycles. The van der Waals surface area contributed by atoms with Gasteiger partial charge in [-0.25, -0.2) is 28.7 Å². The predicted octanol–water partition coefficient (Wildman–Crippen LogP) is 10.1. The first-order chi connectivity index (χ1) is 28.1. The van der Waals surface area contributed by atoms with E-state index in [0.717, 1.165) is 39.6 Å². The Hall–Kier alpha value is -5.66. The first kappa shape index (κ1) is 37.9. The molecule has 2 saturated heterocycles. The van der Waals surface area contributed by atoms with E-state index in [1.165, 1.54) is 36.7 Å². The number of amides is 3. The van der Waals surface area contributed by atoms with Gasteiger partial charge in [0.05, 0.1) is 31.5 Å². The average molecular weight is 865 g/mol. The molecule has 0 N–H and O–H groups in total. The highest BCUT2D eigenvalue weighted by atomic mass is 32.2. The number of carbonyl (C=O) groups is 5. The Morgan fingerprint density at radius 1 is 0.621 bits per heavy atom. The van der Waals surface area contributed by atoms with Crippen molar-refractivity contribution in [1.82, 2.24) is 18.9 Å². The van der Waals surface area contributed by atoms with Crippen LogP contribution in [-0.2, 0) is 32.3 Å². The summed E-state index contributed by atoms with van der Waals surface area (Å²) in [5.74, 6) is -0.765. The largest absolute Gasteiger partial charge is 0.444 e. The van der Waals surface area contributed by atoms with E-state index >= 15 is 0 Å². The first-order valence-corrected chi connectivity index (χ1v) is 21.5. The molecular weight excluding hydrogens is 837 g/mol. The third kappa shape index (κ3) is 6.59. The number of carbonyl (C=O) groups excluding carboxylic acids is 5. The number of imide groups is 1. The lowest BCUT2D eigenvalue weighted by atomic mass is 10.2. The molecule has 4 aromatic heterocycles. The maximum atomic E-state index is 14.1. The number of aliphatic imine (C=N–C) groups is 2. The molecular formula is C40H28N6O7S5. The molecule has 9 rings (SSSR count). The molecule has 2 aliphatic rings. The van der Waals surface area contributed by atoms with Crippen molar-refractivity contribution in [2.45, 2.75) is 27.1 Å². The maximum absolute atomic E-state index is 14.1. The minimum absolute atomic E-state index is 0.0145. The lowest BCUT2D eigenvalue weighted by Gasteiger charge is -2.09. The van der Waals surface area contributed by atoms with Gasteiger partial charge in [-0.2, -0.15) is 0 Å². The van der Waals surface area contributed by atoms with E-state index < -0.39 is 23.3 Å². The van der Waals surface area contributed by atoms with Crippen LogP contribution in [0.3, 0.4) is 0 Å². The Labute approximate surface area is 350 Å². The Balaban J connectivity index is 1.22. The minimum Gasteiger partial charge on any atom is -0.444 e. The lowest BCUT2D eigenvalue weighted by Crippen LogP contribution is -2.29. The van der Waals surface area contributed by atoms with Gasteiger partial charge in [-0.05, 0) is 72.8 Å². The van der Waals surface area contributed by atoms with E-state index in [0.29, 0.717) is 63.1 Å². The summed E-state index contributed by atoms with van der Waals surface area (Å²) in [6.45, 7) is 4.23. The molecule has 58 heavy (non-hydrogen) atoms. The number of thiocarbonyl (C=S) groups is 1. The van der Waals surface area contributed by atoms with E-state index in [2.05, 4.69) is 9.98 Å². The Bertz CT molecular complexity index is 2760. The number of hydrogen-bond acceptors (Lipinski definition) is 14. The van der Waals surface area contributed by atoms with E-state index in [1.807, 2.05) is 79.7 Å². The SMILES string of the molecule is CCN1C(=O)SC(=Nc2cc3c(s2)c2cc4c(cc2n3C(=O)OCc2ccccc2)c2sc(N=C3SC(=S)N(CC)C3=O)cc2n4C(=O)OCc2ccccc2)C1=O. The summed E-state index contributed by atoms with van der Waals surface area (Å²) in [4.78, 5) is 78.6. The number of ether oxygens (including phenoxy) is 2. The highest BCUT2D eigenvalue weighted by Gasteiger charge is 2.36. The topological polar surface area (TPSA) is 145 Å². The molecule has 0 unspecified atom stereocenters. The van der Waals surface area contributed by atoms with Gasteiger partial charge in [0.15, 0.2) is 10.1 Å². The van der Waals surface area contributed by atoms with E-state index in [4.69, 9.17) is 21.7 Å². The van der Waals surface area contributed by atoms with Gasteiger partial charge < -0.3 is 9.47 Å². The van der Waals surface area contributed by atoms with Crippen molar-refractivity contribution in [3.63, 3.8) is 0 Å². The van der Waals surface area contributed by atoms with Crippen molar-refractivity contribution in [2.75, 3.05) is 13.1 Å². The van der Waals surface area contributed by atoms with Gasteiger partial charge in [-0.1, -0.05) is 72.9 Å². The van der Waals surface area contributed by atoms with Crippen molar-refractivity contribution in [3.05, 3.63) is 96.1 Å². The maximum Gasteiger partial charge on any atom is 0.419 e. The molecule has 0 spiro atoms. The fourth-order valence-electron chi connectivity index (χ4n) is 6.74. The number of fused-ring (bicyclic) bond motifs is 6. The zero-order chi connectivity index (χ0) is 40.2. The summed E-state index contributed by atoms with van der Waals surface area (Å²) >= 11 is 9.82. The van der Waals surface area contributed by atoms with E-state index in [1.54, 1.807) is 19.1 Å². The van der Waals surface area contributed by atoms with Gasteiger partial charge in [0.25, 0.3) is 17.1 Å². The molecule has 0 atom stereocenters. The highest BCUT2D eigenvalue weighted by Crippen LogP contribution is 2.46. The number of hydrogen-bond donors (Lipinski definition) is 0. The lowest BCUT2D eigenvalue weighted by molar-refractivity contribution is -0.120. The van der Waals surface area contributed by atoms with Crippen molar-refractivity contribution >= 4 is 154 Å². The molecule has 3 amide bonds. The van der Waals surface area contributed by atoms with Crippen molar-refractivity contribution in [2.24, 2.45) is 9.98 Å². The second-order valence-corrected chi connectivity index (χ2v) is 17.5. The van der Waals surface area contributed by atoms with Crippen LogP contribution in [0, 0.1) is 0 Å². The van der Waals surface area contributed by atoms with Crippen LogP contribution >= 0.6 is 58.4 Å². The van der Waals surface area contributed by atoms with Crippen LogP contribution in [0.1, 0.15) is 25.0 Å². The van der Waals surface area contributed by atoms with Gasteiger partial charge in [0, 0.05) is 23.9 Å². The van der Waals surface area contributed by atoms with Gasteiger partial charge in [-0.3, -0.25) is 24.2 Å². The van der Waals surface area contributed by atoms with Gasteiger partial charge in [0.2, 0.25) is 0 Å². The second kappa shape index (κ2) is 15.3. The molecule has 0 aliphatic carbocycles. The number of aromatic nitrogens is 2. The average Bonchev–Trinajstić information content (AvgIpc) is 4.05. The summed E-state index contributed by atoms with van der Waals surface area (Å²) in [6, 6.07) is 25.7. The van der Waals surface area contributed by atoms with Gasteiger partial charge in [0.1, 0.15) is 27.5 Å². The fraction of sp³-hybridized carbons (Fsp3) is 0.150. The molecule has 2 fully saturated rings. The normalized spacial score (nSPS) is 16.2. The zero-order valence-corrected chi connectivity index (χ0v) is 34.6. The summed E-state index contributed by atoms with van der Waals surface area (Å²) in [5, 5.41) is 2.02. The summed E-state index contributed by atoms with van der Waals surface area (Å²) in [7, 11) is 0. The molecule has 6 heterocycles. The van der Waals surface area contributed by atoms with Gasteiger partial charge >= 0.3 is 12.2 Å². The summed E-state index contributed by atoms with van der Waals surface area (Å²) in [6.07, 6.45) is -1.29. The first-order valence-electron chi connectivity index (χ1n) is 17.9. The Kier molecular flexibility index (Phi) is 9.97. The number of thiophene rings is 2. The number of benzene rings is 3. The molecule has 7 aromatic rings. The molecule has 0 radical (unpaired) electrons. The van der Waals surface area contributed by atoms with Crippen LogP contribution in [0.5, 0.6) is 0 Å². The standard InChI is InChI=1S/C40H28N6O7S5/c1-3-43-35(47)33(57-39(43)51)41-29-17-27-31(55-29)23-15-26-24(16-25(23)45(27)37(49)52-19-21-11-7-5-8-12-21)32-28(46(26)38(50)53-20-22-13-9-6-10-14-22)18-30(56-32)42-34-36(48)44(4-2)40(54)58-34/h5-18H,3-4,19-20H2,1-2H3. The second-order valence-electron chi connectivity index (χ2n) is 12.9. The van der Waals surface area contributed by atoms with Crippen LogP contribution in [0.15, 0.2) is 94.9 Å². The summed E-state index contributed by atoms with van der Waals surface area (Å²) in [5.41, 5.74) is 3.60. The van der Waals surface area contributed by atoms with Crippen LogP contribution in [-0.4, -0.2) is 75.7 Å². The molecule has 0 bridgehead atoms. The third-order valence-corrected chi connectivity index (χ3v) is 13.7.